The van der Waals surface area contributed by atoms with E-state index >= 15 is 0 Å². The number of allylic oxidation sites excluding steroid dienone is 1. The van der Waals surface area contributed by atoms with Gasteiger partial charge in [0.05, 0.1) is 12.7 Å². The molecule has 0 aliphatic heterocycles. The molecule has 1 unspecified atom stereocenters. The molecule has 0 aliphatic rings. The fourth-order valence-electron chi connectivity index (χ4n) is 1.85. The minimum absolute atomic E-state index is 0.0247. The van der Waals surface area contributed by atoms with Gasteiger partial charge in [-0.2, -0.15) is 0 Å². The van der Waals surface area contributed by atoms with E-state index in [4.69, 9.17) is 9.47 Å². The number of esters is 1. The lowest BCUT2D eigenvalue weighted by Crippen LogP contribution is -2.17. The van der Waals surface area contributed by atoms with Gasteiger partial charge in [0.25, 0.3) is 0 Å². The molecule has 0 aliphatic carbocycles. The quantitative estimate of drug-likeness (QED) is 0.645. The third kappa shape index (κ3) is 4.30. The molecule has 0 heterocycles. The molecule has 1 atom stereocenters. The number of carboxylic acids is 1. The molecule has 0 bridgehead atoms. The van der Waals surface area contributed by atoms with Crippen LogP contribution in [0, 0.1) is 5.82 Å². The van der Waals surface area contributed by atoms with E-state index in [1.165, 1.54) is 25.3 Å². The zero-order valence-corrected chi connectivity index (χ0v) is 12.1. The van der Waals surface area contributed by atoms with Crippen LogP contribution in [0.3, 0.4) is 0 Å². The SMILES string of the molecule is CCC=C(C(=O)O)C(OC(C)=O)c1ccc(OC)c(F)c1. The van der Waals surface area contributed by atoms with Crippen LogP contribution in [0.1, 0.15) is 31.9 Å². The monoisotopic (exact) mass is 296 g/mol. The number of carboxylic acid groups (broad SMARTS) is 1. The molecule has 21 heavy (non-hydrogen) atoms. The summed E-state index contributed by atoms with van der Waals surface area (Å²) in [5, 5.41) is 9.24. The van der Waals surface area contributed by atoms with E-state index in [0.717, 1.165) is 13.0 Å². The topological polar surface area (TPSA) is 72.8 Å². The fraction of sp³-hybridized carbons (Fsp3) is 0.333. The van der Waals surface area contributed by atoms with Gasteiger partial charge >= 0.3 is 11.9 Å². The van der Waals surface area contributed by atoms with E-state index in [1.54, 1.807) is 6.92 Å². The average molecular weight is 296 g/mol. The van der Waals surface area contributed by atoms with Gasteiger partial charge < -0.3 is 14.6 Å². The Morgan fingerprint density at radius 1 is 1.43 bits per heavy atom. The van der Waals surface area contributed by atoms with E-state index in [0.29, 0.717) is 6.42 Å². The first-order valence-corrected chi connectivity index (χ1v) is 6.34. The van der Waals surface area contributed by atoms with Crippen LogP contribution in [0.15, 0.2) is 29.8 Å². The second kappa shape index (κ2) is 7.42. The minimum atomic E-state index is -1.22. The molecular weight excluding hydrogens is 279 g/mol. The third-order valence-electron chi connectivity index (χ3n) is 2.72. The second-order valence-corrected chi connectivity index (χ2v) is 4.26. The zero-order valence-electron chi connectivity index (χ0n) is 12.1. The van der Waals surface area contributed by atoms with Gasteiger partial charge in [-0.05, 0) is 18.6 Å². The molecule has 114 valence electrons. The number of hydrogen-bond acceptors (Lipinski definition) is 4. The maximum atomic E-state index is 13.8. The van der Waals surface area contributed by atoms with Gasteiger partial charge in [0, 0.05) is 12.5 Å². The first-order chi connectivity index (χ1) is 9.90. The summed E-state index contributed by atoms with van der Waals surface area (Å²) >= 11 is 0. The van der Waals surface area contributed by atoms with Gasteiger partial charge in [0.2, 0.25) is 0 Å². The van der Waals surface area contributed by atoms with Gasteiger partial charge in [0.1, 0.15) is 0 Å². The predicted molar refractivity (Wildman–Crippen MR) is 73.5 cm³/mol. The van der Waals surface area contributed by atoms with Crippen LogP contribution in [0.25, 0.3) is 0 Å². The molecule has 1 aromatic rings. The Morgan fingerprint density at radius 3 is 2.52 bits per heavy atom. The highest BCUT2D eigenvalue weighted by Crippen LogP contribution is 2.30. The molecule has 1 rings (SSSR count). The average Bonchev–Trinajstić information content (AvgIpc) is 2.42. The van der Waals surface area contributed by atoms with Crippen molar-refractivity contribution in [2.45, 2.75) is 26.4 Å². The Balaban J connectivity index is 3.30. The summed E-state index contributed by atoms with van der Waals surface area (Å²) in [6.07, 6.45) is 0.705. The van der Waals surface area contributed by atoms with Crippen LogP contribution in [-0.4, -0.2) is 24.2 Å². The largest absolute Gasteiger partial charge is 0.494 e. The Labute approximate surface area is 122 Å². The molecule has 0 saturated carbocycles. The highest BCUT2D eigenvalue weighted by atomic mass is 19.1. The maximum Gasteiger partial charge on any atom is 0.335 e. The fourth-order valence-corrected chi connectivity index (χ4v) is 1.85. The summed E-state index contributed by atoms with van der Waals surface area (Å²) in [7, 11) is 1.32. The van der Waals surface area contributed by atoms with Gasteiger partial charge in [-0.1, -0.05) is 19.1 Å². The molecule has 0 spiro atoms. The number of hydrogen-bond donors (Lipinski definition) is 1. The molecule has 6 heteroatoms. The van der Waals surface area contributed by atoms with E-state index < -0.39 is 23.9 Å². The number of carbonyl (C=O) groups is 2. The Bertz CT molecular complexity index is 565. The second-order valence-electron chi connectivity index (χ2n) is 4.26. The lowest BCUT2D eigenvalue weighted by atomic mass is 10.00. The van der Waals surface area contributed by atoms with Crippen LogP contribution in [0.4, 0.5) is 4.39 Å². The third-order valence-corrected chi connectivity index (χ3v) is 2.72. The summed E-state index contributed by atoms with van der Waals surface area (Å²) in [5.74, 6) is -2.51. The lowest BCUT2D eigenvalue weighted by Gasteiger charge is -2.19. The van der Waals surface area contributed by atoms with Crippen LogP contribution in [0.5, 0.6) is 5.75 Å². The Hall–Kier alpha value is -2.37. The molecule has 1 N–H and O–H groups in total. The summed E-state index contributed by atoms with van der Waals surface area (Å²) in [6, 6.07) is 3.91. The van der Waals surface area contributed by atoms with Crippen LogP contribution in [-0.2, 0) is 14.3 Å². The molecule has 0 fully saturated rings. The molecule has 0 aromatic heterocycles. The number of aliphatic carboxylic acids is 1. The number of halogens is 1. The van der Waals surface area contributed by atoms with E-state index in [9.17, 15) is 19.1 Å². The summed E-state index contributed by atoms with van der Waals surface area (Å²) in [4.78, 5) is 22.5. The summed E-state index contributed by atoms with van der Waals surface area (Å²) < 4.78 is 23.6. The smallest absolute Gasteiger partial charge is 0.335 e. The molecule has 0 radical (unpaired) electrons. The highest BCUT2D eigenvalue weighted by Gasteiger charge is 2.26. The number of carbonyl (C=O) groups excluding carboxylic acids is 1. The van der Waals surface area contributed by atoms with Crippen LogP contribution >= 0.6 is 0 Å². The number of ether oxygens (including phenoxy) is 2. The first kappa shape index (κ1) is 16.7. The minimum Gasteiger partial charge on any atom is -0.494 e. The van der Waals surface area contributed by atoms with Crippen LogP contribution < -0.4 is 4.74 Å². The van der Waals surface area contributed by atoms with Crippen molar-refractivity contribution >= 4 is 11.9 Å². The summed E-state index contributed by atoms with van der Waals surface area (Å²) in [5.41, 5.74) is 0.114. The van der Waals surface area contributed by atoms with Gasteiger partial charge in [-0.15, -0.1) is 0 Å². The number of methoxy groups -OCH3 is 1. The van der Waals surface area contributed by atoms with E-state index in [1.807, 2.05) is 0 Å². The normalized spacial score (nSPS) is 12.7. The lowest BCUT2D eigenvalue weighted by molar-refractivity contribution is -0.146. The zero-order chi connectivity index (χ0) is 16.0. The maximum absolute atomic E-state index is 13.8. The molecule has 1 aromatic carbocycles. The van der Waals surface area contributed by atoms with Crippen molar-refractivity contribution in [3.05, 3.63) is 41.2 Å². The highest BCUT2D eigenvalue weighted by molar-refractivity contribution is 5.88. The number of benzene rings is 1. The Kier molecular flexibility index (Phi) is 5.90. The van der Waals surface area contributed by atoms with E-state index in [-0.39, 0.29) is 16.9 Å². The number of rotatable bonds is 6. The van der Waals surface area contributed by atoms with E-state index in [2.05, 4.69) is 0 Å². The van der Waals surface area contributed by atoms with Crippen molar-refractivity contribution in [3.8, 4) is 5.75 Å². The summed E-state index contributed by atoms with van der Waals surface area (Å²) in [6.45, 7) is 2.92. The molecule has 0 amide bonds. The molecular formula is C15H17FO5. The van der Waals surface area contributed by atoms with Crippen molar-refractivity contribution in [1.29, 1.82) is 0 Å². The first-order valence-electron chi connectivity index (χ1n) is 6.34. The Morgan fingerprint density at radius 2 is 2.10 bits per heavy atom. The van der Waals surface area contributed by atoms with Crippen molar-refractivity contribution in [3.63, 3.8) is 0 Å². The standard InChI is InChI=1S/C15H17FO5/c1-4-5-11(15(18)19)14(21-9(2)17)10-6-7-13(20-3)12(16)8-10/h5-8,14H,4H2,1-3H3,(H,18,19). The van der Waals surface area contributed by atoms with Gasteiger partial charge in [0.15, 0.2) is 17.7 Å². The van der Waals surface area contributed by atoms with Crippen molar-refractivity contribution in [2.24, 2.45) is 0 Å². The van der Waals surface area contributed by atoms with Gasteiger partial charge in [-0.25, -0.2) is 9.18 Å². The van der Waals surface area contributed by atoms with Gasteiger partial charge in [-0.3, -0.25) is 4.79 Å². The molecule has 5 nitrogen and oxygen atoms in total. The van der Waals surface area contributed by atoms with Crippen molar-refractivity contribution in [2.75, 3.05) is 7.11 Å². The van der Waals surface area contributed by atoms with Crippen molar-refractivity contribution in [1.82, 2.24) is 0 Å². The van der Waals surface area contributed by atoms with Crippen LogP contribution in [0.2, 0.25) is 0 Å². The van der Waals surface area contributed by atoms with Crippen molar-refractivity contribution < 1.29 is 28.6 Å². The molecule has 0 saturated heterocycles. The predicted octanol–water partition coefficient (Wildman–Crippen LogP) is 2.86.